The molecule has 9 heteroatoms. The molecule has 0 bridgehead atoms. The molecule has 3 rings (SSSR count). The number of aromatic nitrogens is 2. The van der Waals surface area contributed by atoms with Gasteiger partial charge in [-0.25, -0.2) is 4.79 Å². The maximum absolute atomic E-state index is 11.9. The number of hydrogen-bond donors (Lipinski definition) is 0. The zero-order valence-corrected chi connectivity index (χ0v) is 13.3. The van der Waals surface area contributed by atoms with Gasteiger partial charge >= 0.3 is 5.97 Å². The largest absolute Gasteiger partial charge is 0.452 e. The second-order valence-electron chi connectivity index (χ2n) is 4.89. The lowest BCUT2D eigenvalue weighted by Crippen LogP contribution is -2.05. The van der Waals surface area contributed by atoms with Crippen LogP contribution in [0.1, 0.15) is 16.2 Å². The molecule has 0 amide bonds. The number of carbonyl (C=O) groups excluding carboxylic acids is 1. The number of halogens is 1. The Kier molecular flexibility index (Phi) is 4.71. The Morgan fingerprint density at radius 2 is 1.96 bits per heavy atom. The van der Waals surface area contributed by atoms with Crippen molar-refractivity contribution in [3.05, 3.63) is 75.1 Å². The fourth-order valence-corrected chi connectivity index (χ4v) is 2.17. The van der Waals surface area contributed by atoms with E-state index < -0.39 is 10.9 Å². The number of ether oxygens (including phenoxy) is 1. The van der Waals surface area contributed by atoms with Crippen LogP contribution in [0.3, 0.4) is 0 Å². The fraction of sp³-hybridized carbons (Fsp3) is 0.0625. The third-order valence-corrected chi connectivity index (χ3v) is 3.41. The quantitative estimate of drug-likeness (QED) is 0.388. The molecule has 1 aromatic heterocycles. The van der Waals surface area contributed by atoms with E-state index in [9.17, 15) is 14.9 Å². The van der Waals surface area contributed by atoms with Gasteiger partial charge in [-0.1, -0.05) is 17.7 Å². The van der Waals surface area contributed by atoms with Crippen molar-refractivity contribution >= 4 is 23.3 Å². The molecule has 25 heavy (non-hydrogen) atoms. The lowest BCUT2D eigenvalue weighted by Gasteiger charge is -2.02. The molecule has 1 heterocycles. The number of rotatable bonds is 5. The Hall–Kier alpha value is -3.26. The van der Waals surface area contributed by atoms with Crippen molar-refractivity contribution in [2.45, 2.75) is 6.61 Å². The minimum Gasteiger partial charge on any atom is -0.452 e. The van der Waals surface area contributed by atoms with Crippen molar-refractivity contribution < 1.29 is 18.9 Å². The molecule has 0 saturated heterocycles. The van der Waals surface area contributed by atoms with Crippen LogP contribution >= 0.6 is 11.6 Å². The molecule has 0 spiro atoms. The van der Waals surface area contributed by atoms with E-state index in [1.54, 1.807) is 18.2 Å². The third kappa shape index (κ3) is 3.99. The average Bonchev–Trinajstić information content (AvgIpc) is 3.08. The van der Waals surface area contributed by atoms with E-state index in [4.69, 9.17) is 20.8 Å². The number of hydrogen-bond acceptors (Lipinski definition) is 7. The second-order valence-corrected chi connectivity index (χ2v) is 5.33. The molecule has 0 fully saturated rings. The smallest absolute Gasteiger partial charge is 0.338 e. The zero-order chi connectivity index (χ0) is 17.8. The Morgan fingerprint density at radius 1 is 1.20 bits per heavy atom. The number of carbonyl (C=O) groups is 1. The highest BCUT2D eigenvalue weighted by molar-refractivity contribution is 6.30. The van der Waals surface area contributed by atoms with Gasteiger partial charge in [0.2, 0.25) is 5.89 Å². The Morgan fingerprint density at radius 3 is 2.64 bits per heavy atom. The Bertz CT molecular complexity index is 924. The predicted molar refractivity (Wildman–Crippen MR) is 87.0 cm³/mol. The maximum atomic E-state index is 11.9. The predicted octanol–water partition coefficient (Wildman–Crippen LogP) is 3.66. The normalized spacial score (nSPS) is 10.4. The zero-order valence-electron chi connectivity index (χ0n) is 12.6. The molecule has 0 saturated carbocycles. The van der Waals surface area contributed by atoms with Crippen LogP contribution in [0, 0.1) is 10.1 Å². The third-order valence-electron chi connectivity index (χ3n) is 3.18. The molecule has 0 unspecified atom stereocenters. The van der Waals surface area contributed by atoms with Crippen LogP contribution in [0.5, 0.6) is 0 Å². The van der Waals surface area contributed by atoms with Gasteiger partial charge in [-0.3, -0.25) is 10.1 Å². The summed E-state index contributed by atoms with van der Waals surface area (Å²) in [6.45, 7) is -0.203. The molecule has 0 aliphatic carbocycles. The van der Waals surface area contributed by atoms with Gasteiger partial charge in [0, 0.05) is 22.7 Å². The van der Waals surface area contributed by atoms with Crippen molar-refractivity contribution in [1.29, 1.82) is 0 Å². The minimum absolute atomic E-state index is 0.0426. The van der Waals surface area contributed by atoms with Crippen LogP contribution in [0.15, 0.2) is 52.9 Å². The summed E-state index contributed by atoms with van der Waals surface area (Å²) in [4.78, 5) is 22.0. The summed E-state index contributed by atoms with van der Waals surface area (Å²) < 4.78 is 10.5. The van der Waals surface area contributed by atoms with Crippen molar-refractivity contribution in [1.82, 2.24) is 10.2 Å². The number of nitro benzene ring substituents is 1. The van der Waals surface area contributed by atoms with Crippen molar-refractivity contribution in [2.24, 2.45) is 0 Å². The summed E-state index contributed by atoms with van der Waals surface area (Å²) in [5.41, 5.74) is 0.784. The maximum Gasteiger partial charge on any atom is 0.338 e. The summed E-state index contributed by atoms with van der Waals surface area (Å²) in [6.07, 6.45) is 0. The average molecular weight is 360 g/mol. The number of non-ortho nitro benzene ring substituents is 1. The monoisotopic (exact) mass is 359 g/mol. The summed E-state index contributed by atoms with van der Waals surface area (Å²) in [5.74, 6) is -0.301. The van der Waals surface area contributed by atoms with Gasteiger partial charge in [0.05, 0.1) is 10.5 Å². The first-order valence-corrected chi connectivity index (χ1v) is 7.40. The highest BCUT2D eigenvalue weighted by atomic mass is 35.5. The van der Waals surface area contributed by atoms with E-state index in [-0.39, 0.29) is 24.1 Å². The molecule has 0 aliphatic rings. The van der Waals surface area contributed by atoms with Crippen LogP contribution in [0.25, 0.3) is 11.5 Å². The van der Waals surface area contributed by atoms with E-state index in [1.807, 2.05) is 0 Å². The number of benzene rings is 2. The number of nitrogens with zero attached hydrogens (tertiary/aromatic N) is 3. The molecule has 8 nitrogen and oxygen atoms in total. The fourth-order valence-electron chi connectivity index (χ4n) is 1.98. The highest BCUT2D eigenvalue weighted by Crippen LogP contribution is 2.21. The molecular weight excluding hydrogens is 350 g/mol. The van der Waals surface area contributed by atoms with Crippen LogP contribution in [0.2, 0.25) is 5.02 Å². The van der Waals surface area contributed by atoms with E-state index in [2.05, 4.69) is 10.2 Å². The van der Waals surface area contributed by atoms with E-state index >= 15 is 0 Å². The van der Waals surface area contributed by atoms with Crippen molar-refractivity contribution in [2.75, 3.05) is 0 Å². The van der Waals surface area contributed by atoms with Gasteiger partial charge in [0.25, 0.3) is 11.6 Å². The van der Waals surface area contributed by atoms with Gasteiger partial charge in [-0.05, 0) is 30.3 Å². The lowest BCUT2D eigenvalue weighted by atomic mass is 10.2. The van der Waals surface area contributed by atoms with Gasteiger partial charge in [-0.15, -0.1) is 10.2 Å². The van der Waals surface area contributed by atoms with Crippen LogP contribution in [0.4, 0.5) is 5.69 Å². The standard InChI is InChI=1S/C16H10ClN3O5/c17-12-3-1-2-11(8-12)16(21)24-9-14-18-19-15(25-14)10-4-6-13(7-5-10)20(22)23/h1-8H,9H2. The lowest BCUT2D eigenvalue weighted by molar-refractivity contribution is -0.384. The van der Waals surface area contributed by atoms with Crippen LogP contribution < -0.4 is 0 Å². The number of nitro groups is 1. The second kappa shape index (κ2) is 7.10. The molecule has 3 aromatic rings. The topological polar surface area (TPSA) is 108 Å². The molecule has 0 aliphatic heterocycles. The van der Waals surface area contributed by atoms with Crippen molar-refractivity contribution in [3.63, 3.8) is 0 Å². The Labute approximate surface area is 146 Å². The SMILES string of the molecule is O=C(OCc1nnc(-c2ccc([N+](=O)[O-])cc2)o1)c1cccc(Cl)c1. The van der Waals surface area contributed by atoms with E-state index in [0.717, 1.165) is 0 Å². The molecular formula is C16H10ClN3O5. The summed E-state index contributed by atoms with van der Waals surface area (Å²) in [5, 5.41) is 18.7. The van der Waals surface area contributed by atoms with Crippen molar-refractivity contribution in [3.8, 4) is 11.5 Å². The van der Waals surface area contributed by atoms with Crippen LogP contribution in [-0.4, -0.2) is 21.1 Å². The first-order chi connectivity index (χ1) is 12.0. The minimum atomic E-state index is -0.572. The van der Waals surface area contributed by atoms with E-state index in [1.165, 1.54) is 30.3 Å². The van der Waals surface area contributed by atoms with Gasteiger partial charge in [0.1, 0.15) is 0 Å². The van der Waals surface area contributed by atoms with Gasteiger partial charge in [0.15, 0.2) is 6.61 Å². The van der Waals surface area contributed by atoms with E-state index in [0.29, 0.717) is 16.1 Å². The molecule has 0 N–H and O–H groups in total. The summed E-state index contributed by atoms with van der Waals surface area (Å²) in [6, 6.07) is 12.0. The first kappa shape index (κ1) is 16.6. The summed E-state index contributed by atoms with van der Waals surface area (Å²) >= 11 is 5.82. The first-order valence-electron chi connectivity index (χ1n) is 7.03. The molecule has 2 aromatic carbocycles. The van der Waals surface area contributed by atoms with Gasteiger partial charge in [-0.2, -0.15) is 0 Å². The molecule has 0 atom stereocenters. The molecule has 0 radical (unpaired) electrons. The van der Waals surface area contributed by atoms with Crippen LogP contribution in [-0.2, 0) is 11.3 Å². The summed E-state index contributed by atoms with van der Waals surface area (Å²) in [7, 11) is 0. The Balaban J connectivity index is 1.65. The van der Waals surface area contributed by atoms with Gasteiger partial charge < -0.3 is 9.15 Å². The number of esters is 1. The highest BCUT2D eigenvalue weighted by Gasteiger charge is 2.13. The molecule has 126 valence electrons.